The molecule has 0 bridgehead atoms. The van der Waals surface area contributed by atoms with E-state index in [4.69, 9.17) is 0 Å². The first-order valence-electron chi connectivity index (χ1n) is 7.88. The third kappa shape index (κ3) is 3.84. The van der Waals surface area contributed by atoms with Crippen LogP contribution in [-0.2, 0) is 0 Å². The second-order valence-corrected chi connectivity index (χ2v) is 6.37. The smallest absolute Gasteiger partial charge is 0.223 e. The third-order valence-electron chi connectivity index (χ3n) is 3.90. The highest BCUT2D eigenvalue weighted by Gasteiger charge is 2.18. The molecule has 0 spiro atoms. The molecule has 3 N–H and O–H groups in total. The number of nitrogens with one attached hydrogen (secondary N) is 3. The number of nitrogens with zero attached hydrogens (tertiary/aromatic N) is 3. The Labute approximate surface area is 140 Å². The minimum atomic E-state index is 0.386. The minimum absolute atomic E-state index is 0.386. The molecule has 0 radical (unpaired) electrons. The quantitative estimate of drug-likeness (QED) is 0.732. The van der Waals surface area contributed by atoms with Crippen LogP contribution in [0.1, 0.15) is 31.9 Å². The molecule has 2 aliphatic heterocycles. The summed E-state index contributed by atoms with van der Waals surface area (Å²) in [6, 6.07) is 4.44. The molecule has 3 heterocycles. The van der Waals surface area contributed by atoms with Crippen LogP contribution in [-0.4, -0.2) is 29.1 Å². The van der Waals surface area contributed by atoms with E-state index in [1.807, 2.05) is 5.41 Å². The van der Waals surface area contributed by atoms with Crippen molar-refractivity contribution in [1.29, 1.82) is 5.26 Å². The Morgan fingerprint density at radius 1 is 1.48 bits per heavy atom. The van der Waals surface area contributed by atoms with Crippen molar-refractivity contribution >= 4 is 23.3 Å². The molecule has 0 unspecified atom stereocenters. The van der Waals surface area contributed by atoms with E-state index in [-0.39, 0.29) is 0 Å². The summed E-state index contributed by atoms with van der Waals surface area (Å²) in [6.45, 7) is 4.11. The molecule has 120 valence electrons. The summed E-state index contributed by atoms with van der Waals surface area (Å²) in [7, 11) is 0. The number of allylic oxidation sites excluding steroid dienone is 2. The van der Waals surface area contributed by atoms with E-state index in [9.17, 15) is 5.26 Å². The van der Waals surface area contributed by atoms with Crippen LogP contribution in [0.4, 0.5) is 5.95 Å². The van der Waals surface area contributed by atoms with Crippen molar-refractivity contribution in [2.24, 2.45) is 0 Å². The zero-order chi connectivity index (χ0) is 16.1. The van der Waals surface area contributed by atoms with Gasteiger partial charge in [0.1, 0.15) is 11.6 Å². The van der Waals surface area contributed by atoms with Gasteiger partial charge in [0.05, 0.1) is 10.7 Å². The number of rotatable bonds is 4. The third-order valence-corrected chi connectivity index (χ3v) is 4.84. The fraction of sp³-hybridized carbons (Fsp3) is 0.438. The van der Waals surface area contributed by atoms with Crippen LogP contribution in [0, 0.1) is 11.3 Å². The number of aromatic nitrogens is 2. The van der Waals surface area contributed by atoms with Gasteiger partial charge in [-0.2, -0.15) is 5.26 Å². The summed E-state index contributed by atoms with van der Waals surface area (Å²) >= 11 is 1.54. The van der Waals surface area contributed by atoms with Gasteiger partial charge in [-0.05, 0) is 43.8 Å². The van der Waals surface area contributed by atoms with E-state index in [1.54, 1.807) is 12.3 Å². The topological polar surface area (TPSA) is 85.7 Å². The molecule has 6 nitrogen and oxygen atoms in total. The summed E-state index contributed by atoms with van der Waals surface area (Å²) < 4.78 is 0. The molecule has 0 atom stereocenters. The van der Waals surface area contributed by atoms with Gasteiger partial charge in [0.25, 0.3) is 0 Å². The van der Waals surface area contributed by atoms with Crippen molar-refractivity contribution in [3.63, 3.8) is 0 Å². The zero-order valence-electron chi connectivity index (χ0n) is 13.1. The minimum Gasteiger partial charge on any atom is -0.352 e. The largest absolute Gasteiger partial charge is 0.352 e. The Hall–Kier alpha value is -2.04. The van der Waals surface area contributed by atoms with Gasteiger partial charge in [-0.1, -0.05) is 18.7 Å². The average molecular weight is 328 g/mol. The van der Waals surface area contributed by atoms with E-state index >= 15 is 0 Å². The summed E-state index contributed by atoms with van der Waals surface area (Å²) in [5.74, 6) is 0.592. The molecule has 0 aliphatic carbocycles. The SMILES string of the molecule is CCC1=CS/C(=C(/C#N)c2ccnc(NC3CCNCC3)n2)N1. The van der Waals surface area contributed by atoms with Crippen LogP contribution in [0.5, 0.6) is 0 Å². The van der Waals surface area contributed by atoms with Gasteiger partial charge < -0.3 is 16.0 Å². The van der Waals surface area contributed by atoms with Crippen molar-refractivity contribution < 1.29 is 0 Å². The molecule has 3 rings (SSSR count). The molecule has 1 aromatic heterocycles. The highest BCUT2D eigenvalue weighted by atomic mass is 32.2. The molecule has 0 aromatic carbocycles. The Balaban J connectivity index is 1.78. The highest BCUT2D eigenvalue weighted by Crippen LogP contribution is 2.31. The molecule has 0 saturated carbocycles. The summed E-state index contributed by atoms with van der Waals surface area (Å²) in [6.07, 6.45) is 4.74. The lowest BCUT2D eigenvalue weighted by Gasteiger charge is -2.23. The van der Waals surface area contributed by atoms with E-state index in [2.05, 4.69) is 38.9 Å². The van der Waals surface area contributed by atoms with E-state index in [0.717, 1.165) is 43.1 Å². The van der Waals surface area contributed by atoms with Crippen molar-refractivity contribution in [2.45, 2.75) is 32.2 Å². The Morgan fingerprint density at radius 2 is 2.30 bits per heavy atom. The van der Waals surface area contributed by atoms with Crippen molar-refractivity contribution in [3.8, 4) is 6.07 Å². The first kappa shape index (κ1) is 15.8. The van der Waals surface area contributed by atoms with Crippen LogP contribution in [0.25, 0.3) is 5.57 Å². The van der Waals surface area contributed by atoms with Crippen molar-refractivity contribution in [2.75, 3.05) is 18.4 Å². The fourth-order valence-electron chi connectivity index (χ4n) is 2.57. The maximum Gasteiger partial charge on any atom is 0.223 e. The van der Waals surface area contributed by atoms with Gasteiger partial charge in [0.2, 0.25) is 5.95 Å². The molecule has 7 heteroatoms. The first-order valence-corrected chi connectivity index (χ1v) is 8.76. The second kappa shape index (κ2) is 7.49. The second-order valence-electron chi connectivity index (χ2n) is 5.49. The lowest BCUT2D eigenvalue weighted by atomic mass is 10.1. The number of nitriles is 1. The first-order chi connectivity index (χ1) is 11.3. The van der Waals surface area contributed by atoms with Crippen LogP contribution < -0.4 is 16.0 Å². The Kier molecular flexibility index (Phi) is 5.16. The number of anilines is 1. The van der Waals surface area contributed by atoms with E-state index < -0.39 is 0 Å². The lowest BCUT2D eigenvalue weighted by Crippen LogP contribution is -2.35. The molecular weight excluding hydrogens is 308 g/mol. The van der Waals surface area contributed by atoms with Crippen LogP contribution in [0.3, 0.4) is 0 Å². The van der Waals surface area contributed by atoms with Crippen LogP contribution in [0.2, 0.25) is 0 Å². The summed E-state index contributed by atoms with van der Waals surface area (Å²) in [4.78, 5) is 8.83. The van der Waals surface area contributed by atoms with Crippen LogP contribution >= 0.6 is 11.8 Å². The number of hydrogen-bond donors (Lipinski definition) is 3. The summed E-state index contributed by atoms with van der Waals surface area (Å²) in [5, 5.41) is 22.4. The fourth-order valence-corrected chi connectivity index (χ4v) is 3.51. The molecule has 1 aromatic rings. The zero-order valence-corrected chi connectivity index (χ0v) is 13.9. The predicted molar refractivity (Wildman–Crippen MR) is 93.2 cm³/mol. The highest BCUT2D eigenvalue weighted by molar-refractivity contribution is 8.06. The van der Waals surface area contributed by atoms with Gasteiger partial charge >= 0.3 is 0 Å². The molecule has 23 heavy (non-hydrogen) atoms. The molecular formula is C16H20N6S. The maximum atomic E-state index is 9.54. The van der Waals surface area contributed by atoms with Gasteiger partial charge in [-0.3, -0.25) is 0 Å². The molecule has 2 aliphatic rings. The monoisotopic (exact) mass is 328 g/mol. The van der Waals surface area contributed by atoms with E-state index in [1.165, 1.54) is 11.8 Å². The molecule has 1 saturated heterocycles. The predicted octanol–water partition coefficient (Wildman–Crippen LogP) is 2.42. The summed E-state index contributed by atoms with van der Waals surface area (Å²) in [5.41, 5.74) is 2.34. The number of piperidine rings is 1. The standard InChI is InChI=1S/C16H20N6S/c1-2-11-10-23-15(20-11)13(9-17)14-5-8-19-16(22-14)21-12-3-6-18-7-4-12/h5,8,10,12,18,20H,2-4,6-7H2,1H3,(H,19,21,22)/b15-13-. The van der Waals surface area contributed by atoms with Crippen molar-refractivity contribution in [3.05, 3.63) is 34.1 Å². The van der Waals surface area contributed by atoms with Gasteiger partial charge in [0, 0.05) is 17.9 Å². The van der Waals surface area contributed by atoms with Gasteiger partial charge in [-0.15, -0.1) is 0 Å². The van der Waals surface area contributed by atoms with Crippen LogP contribution in [0.15, 0.2) is 28.4 Å². The van der Waals surface area contributed by atoms with Gasteiger partial charge in [-0.25, -0.2) is 9.97 Å². The van der Waals surface area contributed by atoms with E-state index in [0.29, 0.717) is 23.3 Å². The number of thioether (sulfide) groups is 1. The van der Waals surface area contributed by atoms with Crippen molar-refractivity contribution in [1.82, 2.24) is 20.6 Å². The lowest BCUT2D eigenvalue weighted by molar-refractivity contribution is 0.477. The Morgan fingerprint density at radius 3 is 3.00 bits per heavy atom. The normalized spacial score (nSPS) is 20.4. The van der Waals surface area contributed by atoms with Gasteiger partial charge in [0.15, 0.2) is 0 Å². The number of hydrogen-bond acceptors (Lipinski definition) is 7. The average Bonchev–Trinajstić information content (AvgIpc) is 3.06. The molecule has 0 amide bonds. The Bertz CT molecular complexity index is 669. The molecule has 1 fully saturated rings. The maximum absolute atomic E-state index is 9.54.